The summed E-state index contributed by atoms with van der Waals surface area (Å²) in [5.74, 6) is 1.01. The Bertz CT molecular complexity index is 234. The molecule has 1 amide bonds. The lowest BCUT2D eigenvalue weighted by Crippen LogP contribution is -2.45. The second-order valence-electron chi connectivity index (χ2n) is 5.23. The van der Waals surface area contributed by atoms with Crippen molar-refractivity contribution in [1.29, 1.82) is 0 Å². The van der Waals surface area contributed by atoms with E-state index in [1.165, 1.54) is 25.9 Å². The number of amides is 1. The van der Waals surface area contributed by atoms with Crippen LogP contribution in [0.5, 0.6) is 0 Å². The molecule has 1 rings (SSSR count). The number of piperidine rings is 1. The van der Waals surface area contributed by atoms with Crippen molar-refractivity contribution in [3.05, 3.63) is 0 Å². The standard InChI is InChI=1S/C13H27N3O.2ClH/c1-11-5-8-16(9-6-11)12(2)10-15-13(17)4-7-14-3;;/h11-12,14H,4-10H2,1-3H3,(H,15,17);2*1H. The summed E-state index contributed by atoms with van der Waals surface area (Å²) in [7, 11) is 1.87. The summed E-state index contributed by atoms with van der Waals surface area (Å²) in [6.07, 6.45) is 3.15. The maximum atomic E-state index is 11.5. The van der Waals surface area contributed by atoms with Crippen LogP contribution in [0.25, 0.3) is 0 Å². The number of nitrogens with one attached hydrogen (secondary N) is 2. The van der Waals surface area contributed by atoms with Crippen molar-refractivity contribution in [2.75, 3.05) is 33.2 Å². The van der Waals surface area contributed by atoms with Gasteiger partial charge in [0, 0.05) is 25.6 Å². The zero-order valence-electron chi connectivity index (χ0n) is 12.3. The lowest BCUT2D eigenvalue weighted by Gasteiger charge is -2.35. The molecule has 0 aromatic heterocycles. The van der Waals surface area contributed by atoms with Crippen molar-refractivity contribution >= 4 is 30.7 Å². The molecule has 4 nitrogen and oxygen atoms in total. The Hall–Kier alpha value is -0.0300. The molecule has 116 valence electrons. The monoisotopic (exact) mass is 313 g/mol. The van der Waals surface area contributed by atoms with E-state index in [4.69, 9.17) is 0 Å². The average molecular weight is 314 g/mol. The highest BCUT2D eigenvalue weighted by atomic mass is 35.5. The number of rotatable bonds is 6. The minimum atomic E-state index is 0. The van der Waals surface area contributed by atoms with Gasteiger partial charge in [-0.15, -0.1) is 24.8 Å². The molecular formula is C13H29Cl2N3O. The van der Waals surface area contributed by atoms with Crippen LogP contribution < -0.4 is 10.6 Å². The minimum absolute atomic E-state index is 0. The highest BCUT2D eigenvalue weighted by Gasteiger charge is 2.20. The molecule has 0 spiro atoms. The third-order valence-electron chi connectivity index (χ3n) is 3.64. The van der Waals surface area contributed by atoms with Crippen LogP contribution in [-0.4, -0.2) is 50.1 Å². The van der Waals surface area contributed by atoms with Crippen LogP contribution in [0.1, 0.15) is 33.1 Å². The maximum Gasteiger partial charge on any atom is 0.221 e. The van der Waals surface area contributed by atoms with Gasteiger partial charge in [-0.05, 0) is 45.8 Å². The molecule has 0 aliphatic carbocycles. The summed E-state index contributed by atoms with van der Waals surface area (Å²) >= 11 is 0. The van der Waals surface area contributed by atoms with E-state index in [1.807, 2.05) is 7.05 Å². The molecule has 0 aromatic carbocycles. The Kier molecular flexibility index (Phi) is 13.2. The number of hydrogen-bond acceptors (Lipinski definition) is 3. The Labute approximate surface area is 129 Å². The first-order chi connectivity index (χ1) is 8.13. The van der Waals surface area contributed by atoms with Gasteiger partial charge < -0.3 is 10.6 Å². The van der Waals surface area contributed by atoms with E-state index >= 15 is 0 Å². The fourth-order valence-electron chi connectivity index (χ4n) is 2.19. The van der Waals surface area contributed by atoms with E-state index in [0.29, 0.717) is 12.5 Å². The zero-order valence-corrected chi connectivity index (χ0v) is 13.9. The van der Waals surface area contributed by atoms with Crippen LogP contribution in [0.15, 0.2) is 0 Å². The number of likely N-dealkylation sites (tertiary alicyclic amines) is 1. The van der Waals surface area contributed by atoms with Crippen molar-refractivity contribution in [1.82, 2.24) is 15.5 Å². The van der Waals surface area contributed by atoms with E-state index < -0.39 is 0 Å². The fourth-order valence-corrected chi connectivity index (χ4v) is 2.19. The summed E-state index contributed by atoms with van der Waals surface area (Å²) in [5.41, 5.74) is 0. The van der Waals surface area contributed by atoms with Gasteiger partial charge in [-0.1, -0.05) is 6.92 Å². The van der Waals surface area contributed by atoms with Gasteiger partial charge in [0.1, 0.15) is 0 Å². The summed E-state index contributed by atoms with van der Waals surface area (Å²) in [5, 5.41) is 5.99. The van der Waals surface area contributed by atoms with E-state index in [-0.39, 0.29) is 30.7 Å². The third-order valence-corrected chi connectivity index (χ3v) is 3.64. The summed E-state index contributed by atoms with van der Waals surface area (Å²) in [4.78, 5) is 14.0. The van der Waals surface area contributed by atoms with Gasteiger partial charge in [-0.25, -0.2) is 0 Å². The van der Waals surface area contributed by atoms with Gasteiger partial charge in [0.25, 0.3) is 0 Å². The zero-order chi connectivity index (χ0) is 12.7. The van der Waals surface area contributed by atoms with Crippen molar-refractivity contribution in [2.24, 2.45) is 5.92 Å². The maximum absolute atomic E-state index is 11.5. The predicted octanol–water partition coefficient (Wildman–Crippen LogP) is 1.68. The number of nitrogens with zero attached hydrogens (tertiary/aromatic N) is 1. The first-order valence-corrected chi connectivity index (χ1v) is 6.78. The van der Waals surface area contributed by atoms with Crippen LogP contribution in [0.3, 0.4) is 0 Å². The Morgan fingerprint density at radius 2 is 1.89 bits per heavy atom. The second kappa shape index (κ2) is 11.8. The van der Waals surface area contributed by atoms with E-state index in [1.54, 1.807) is 0 Å². The lowest BCUT2D eigenvalue weighted by molar-refractivity contribution is -0.121. The van der Waals surface area contributed by atoms with Crippen molar-refractivity contribution in [2.45, 2.75) is 39.2 Å². The molecule has 0 aromatic rings. The first kappa shape index (κ1) is 21.3. The smallest absolute Gasteiger partial charge is 0.221 e. The molecule has 0 saturated carbocycles. The molecule has 1 unspecified atom stereocenters. The molecule has 1 atom stereocenters. The predicted molar refractivity (Wildman–Crippen MR) is 85.5 cm³/mol. The number of carbonyl (C=O) groups is 1. The molecular weight excluding hydrogens is 285 g/mol. The van der Waals surface area contributed by atoms with Gasteiger partial charge in [0.05, 0.1) is 0 Å². The van der Waals surface area contributed by atoms with E-state index in [2.05, 4.69) is 29.4 Å². The molecule has 19 heavy (non-hydrogen) atoms. The molecule has 1 heterocycles. The van der Waals surface area contributed by atoms with Gasteiger partial charge in [-0.2, -0.15) is 0 Å². The molecule has 0 bridgehead atoms. The molecule has 1 aliphatic heterocycles. The highest BCUT2D eigenvalue weighted by molar-refractivity contribution is 5.85. The minimum Gasteiger partial charge on any atom is -0.355 e. The highest BCUT2D eigenvalue weighted by Crippen LogP contribution is 2.17. The van der Waals surface area contributed by atoms with Gasteiger partial charge in [0.2, 0.25) is 5.91 Å². The summed E-state index contributed by atoms with van der Waals surface area (Å²) < 4.78 is 0. The summed E-state index contributed by atoms with van der Waals surface area (Å²) in [6, 6.07) is 0.459. The fraction of sp³-hybridized carbons (Fsp3) is 0.923. The Morgan fingerprint density at radius 3 is 2.42 bits per heavy atom. The topological polar surface area (TPSA) is 44.4 Å². The SMILES string of the molecule is CNCCC(=O)NCC(C)N1CCC(C)CC1.Cl.Cl. The van der Waals surface area contributed by atoms with E-state index in [0.717, 1.165) is 19.0 Å². The molecule has 1 saturated heterocycles. The third kappa shape index (κ3) is 8.69. The van der Waals surface area contributed by atoms with Crippen molar-refractivity contribution in [3.8, 4) is 0 Å². The largest absolute Gasteiger partial charge is 0.355 e. The van der Waals surface area contributed by atoms with Gasteiger partial charge in [-0.3, -0.25) is 9.69 Å². The number of halogens is 2. The number of carbonyl (C=O) groups excluding carboxylic acids is 1. The van der Waals surface area contributed by atoms with Crippen LogP contribution >= 0.6 is 24.8 Å². The average Bonchev–Trinajstić information content (AvgIpc) is 2.34. The molecule has 0 radical (unpaired) electrons. The second-order valence-corrected chi connectivity index (χ2v) is 5.23. The Morgan fingerprint density at radius 1 is 1.32 bits per heavy atom. The van der Waals surface area contributed by atoms with Crippen molar-refractivity contribution < 1.29 is 4.79 Å². The quantitative estimate of drug-likeness (QED) is 0.784. The number of hydrogen-bond donors (Lipinski definition) is 2. The molecule has 6 heteroatoms. The van der Waals surface area contributed by atoms with Crippen molar-refractivity contribution in [3.63, 3.8) is 0 Å². The van der Waals surface area contributed by atoms with Crippen LogP contribution in [0.4, 0.5) is 0 Å². The molecule has 1 aliphatic rings. The van der Waals surface area contributed by atoms with Gasteiger partial charge in [0.15, 0.2) is 0 Å². The summed E-state index contributed by atoms with van der Waals surface area (Å²) in [6.45, 7) is 8.40. The van der Waals surface area contributed by atoms with Crippen LogP contribution in [-0.2, 0) is 4.79 Å². The van der Waals surface area contributed by atoms with Gasteiger partial charge >= 0.3 is 0 Å². The molecule has 2 N–H and O–H groups in total. The first-order valence-electron chi connectivity index (χ1n) is 6.78. The van der Waals surface area contributed by atoms with Crippen LogP contribution in [0.2, 0.25) is 0 Å². The van der Waals surface area contributed by atoms with Crippen LogP contribution in [0, 0.1) is 5.92 Å². The lowest BCUT2D eigenvalue weighted by atomic mass is 9.98. The Balaban J connectivity index is 0. The normalized spacial score (nSPS) is 18.1. The molecule has 1 fully saturated rings. The van der Waals surface area contributed by atoms with E-state index in [9.17, 15) is 4.79 Å².